The van der Waals surface area contributed by atoms with Crippen molar-refractivity contribution in [1.82, 2.24) is 14.7 Å². The molecule has 0 spiro atoms. The molecule has 0 N–H and O–H groups in total. The van der Waals surface area contributed by atoms with Crippen LogP contribution in [0, 0.1) is 10.1 Å². The van der Waals surface area contributed by atoms with Crippen molar-refractivity contribution in [3.8, 4) is 11.5 Å². The smallest absolute Gasteiger partial charge is 0.320 e. The number of ether oxygens (including phenoxy) is 2. The molecular weight excluding hydrogens is 352 g/mol. The maximum Gasteiger partial charge on any atom is 0.320 e. The average molecular weight is 378 g/mol. The molecule has 0 saturated carbocycles. The minimum atomic E-state index is -0.398. The van der Waals surface area contributed by atoms with Gasteiger partial charge in [0.2, 0.25) is 0 Å². The summed E-state index contributed by atoms with van der Waals surface area (Å²) in [5.74, 6) is 0.815. The van der Waals surface area contributed by atoms with Crippen molar-refractivity contribution in [2.24, 2.45) is 0 Å². The molecular formula is C18H26N4O5. The molecule has 0 unspecified atom stereocenters. The zero-order chi connectivity index (χ0) is 19.4. The van der Waals surface area contributed by atoms with Crippen molar-refractivity contribution in [2.45, 2.75) is 19.4 Å². The Balaban J connectivity index is 1.66. The largest absolute Gasteiger partial charge is 0.493 e. The van der Waals surface area contributed by atoms with Gasteiger partial charge in [-0.3, -0.25) is 15.0 Å². The van der Waals surface area contributed by atoms with Gasteiger partial charge in [0, 0.05) is 51.4 Å². The summed E-state index contributed by atoms with van der Waals surface area (Å²) in [6.45, 7) is 4.76. The van der Waals surface area contributed by atoms with E-state index in [9.17, 15) is 14.9 Å². The normalized spacial score (nSPS) is 17.9. The molecule has 2 amide bonds. The number of hydrogen-bond acceptors (Lipinski definition) is 6. The van der Waals surface area contributed by atoms with Crippen LogP contribution in [0.15, 0.2) is 12.1 Å². The van der Waals surface area contributed by atoms with Gasteiger partial charge >= 0.3 is 6.03 Å². The van der Waals surface area contributed by atoms with Gasteiger partial charge in [0.1, 0.15) is 0 Å². The van der Waals surface area contributed by atoms with Crippen LogP contribution in [0.25, 0.3) is 0 Å². The highest BCUT2D eigenvalue weighted by Gasteiger charge is 2.28. The lowest BCUT2D eigenvalue weighted by atomic mass is 10.1. The molecule has 0 radical (unpaired) electrons. The molecule has 2 heterocycles. The summed E-state index contributed by atoms with van der Waals surface area (Å²) in [5, 5.41) is 11.5. The Morgan fingerprint density at radius 2 is 1.56 bits per heavy atom. The third-order valence-electron chi connectivity index (χ3n) is 5.19. The second kappa shape index (κ2) is 8.43. The third kappa shape index (κ3) is 4.24. The highest BCUT2D eigenvalue weighted by Crippen LogP contribution is 2.35. The number of nitrogens with zero attached hydrogens (tertiary/aromatic N) is 4. The molecule has 0 atom stereocenters. The molecule has 0 aliphatic carbocycles. The van der Waals surface area contributed by atoms with Crippen LogP contribution < -0.4 is 9.47 Å². The van der Waals surface area contributed by atoms with Crippen LogP contribution in [0.5, 0.6) is 11.5 Å². The summed E-state index contributed by atoms with van der Waals surface area (Å²) in [5.41, 5.74) is 0.597. The predicted octanol–water partition coefficient (Wildman–Crippen LogP) is 1.95. The number of benzene rings is 1. The first-order valence-electron chi connectivity index (χ1n) is 9.19. The van der Waals surface area contributed by atoms with Gasteiger partial charge in [-0.25, -0.2) is 4.79 Å². The highest BCUT2D eigenvalue weighted by atomic mass is 16.6. The number of carbonyl (C=O) groups excluding carboxylic acids is 1. The Hall–Kier alpha value is -2.55. The summed E-state index contributed by atoms with van der Waals surface area (Å²) in [6.07, 6.45) is 2.16. The third-order valence-corrected chi connectivity index (χ3v) is 5.19. The number of piperazine rings is 1. The van der Waals surface area contributed by atoms with Gasteiger partial charge in [0.25, 0.3) is 5.69 Å². The molecule has 2 aliphatic heterocycles. The first-order chi connectivity index (χ1) is 13.0. The molecule has 2 aliphatic rings. The maximum atomic E-state index is 12.5. The van der Waals surface area contributed by atoms with Gasteiger partial charge in [-0.15, -0.1) is 0 Å². The van der Waals surface area contributed by atoms with E-state index in [1.807, 2.05) is 9.80 Å². The Bertz CT molecular complexity index is 697. The molecule has 0 bridgehead atoms. The van der Waals surface area contributed by atoms with Gasteiger partial charge in [-0.05, 0) is 18.9 Å². The Morgan fingerprint density at radius 1 is 1.00 bits per heavy atom. The summed E-state index contributed by atoms with van der Waals surface area (Å²) in [4.78, 5) is 29.4. The fourth-order valence-corrected chi connectivity index (χ4v) is 3.65. The lowest BCUT2D eigenvalue weighted by Gasteiger charge is -2.36. The molecule has 9 nitrogen and oxygen atoms in total. The fraction of sp³-hybridized carbons (Fsp3) is 0.611. The Morgan fingerprint density at radius 3 is 2.11 bits per heavy atom. The molecule has 1 aromatic rings. The summed E-state index contributed by atoms with van der Waals surface area (Å²) in [7, 11) is 2.97. The first-order valence-corrected chi connectivity index (χ1v) is 9.19. The van der Waals surface area contributed by atoms with Crippen molar-refractivity contribution in [1.29, 1.82) is 0 Å². The molecule has 27 heavy (non-hydrogen) atoms. The predicted molar refractivity (Wildman–Crippen MR) is 99.3 cm³/mol. The second-order valence-corrected chi connectivity index (χ2v) is 6.83. The van der Waals surface area contributed by atoms with Crippen molar-refractivity contribution in [2.75, 3.05) is 53.5 Å². The standard InChI is InChI=1S/C18H26N4O5/c1-26-16-11-14(15(22(24)25)12-17(16)27-2)13-19-7-9-21(10-8-19)18(23)20-5-3-4-6-20/h11-12H,3-10,13H2,1-2H3. The summed E-state index contributed by atoms with van der Waals surface area (Å²) >= 11 is 0. The number of methoxy groups -OCH3 is 2. The summed E-state index contributed by atoms with van der Waals surface area (Å²) in [6, 6.07) is 3.18. The van der Waals surface area contributed by atoms with E-state index in [0.717, 1.165) is 25.9 Å². The van der Waals surface area contributed by atoms with E-state index in [4.69, 9.17) is 9.47 Å². The van der Waals surface area contributed by atoms with Gasteiger partial charge in [0.05, 0.1) is 25.2 Å². The van der Waals surface area contributed by atoms with E-state index in [0.29, 0.717) is 49.8 Å². The molecule has 3 rings (SSSR count). The van der Waals surface area contributed by atoms with E-state index in [1.54, 1.807) is 6.07 Å². The number of hydrogen-bond donors (Lipinski definition) is 0. The highest BCUT2D eigenvalue weighted by molar-refractivity contribution is 5.74. The second-order valence-electron chi connectivity index (χ2n) is 6.83. The number of urea groups is 1. The van der Waals surface area contributed by atoms with Crippen LogP contribution in [-0.2, 0) is 6.54 Å². The molecule has 9 heteroatoms. The fourth-order valence-electron chi connectivity index (χ4n) is 3.65. The first kappa shape index (κ1) is 19.2. The Labute approximate surface area is 158 Å². The van der Waals surface area contributed by atoms with Crippen LogP contribution in [0.4, 0.5) is 10.5 Å². The lowest BCUT2D eigenvalue weighted by Crippen LogP contribution is -2.52. The van der Waals surface area contributed by atoms with E-state index in [2.05, 4.69) is 4.90 Å². The van der Waals surface area contributed by atoms with Crippen LogP contribution in [0.1, 0.15) is 18.4 Å². The van der Waals surface area contributed by atoms with E-state index in [-0.39, 0.29) is 11.7 Å². The lowest BCUT2D eigenvalue weighted by molar-refractivity contribution is -0.385. The minimum Gasteiger partial charge on any atom is -0.493 e. The van der Waals surface area contributed by atoms with E-state index in [1.165, 1.54) is 20.3 Å². The summed E-state index contributed by atoms with van der Waals surface area (Å²) < 4.78 is 10.5. The van der Waals surface area contributed by atoms with Gasteiger partial charge < -0.3 is 19.3 Å². The number of nitro groups is 1. The number of nitro benzene ring substituents is 1. The van der Waals surface area contributed by atoms with Crippen LogP contribution in [-0.4, -0.2) is 79.1 Å². The molecule has 0 aromatic heterocycles. The zero-order valence-corrected chi connectivity index (χ0v) is 15.8. The number of likely N-dealkylation sites (tertiary alicyclic amines) is 1. The van der Waals surface area contributed by atoms with Crippen molar-refractivity contribution < 1.29 is 19.2 Å². The average Bonchev–Trinajstić information content (AvgIpc) is 3.22. The van der Waals surface area contributed by atoms with Crippen molar-refractivity contribution in [3.05, 3.63) is 27.8 Å². The van der Waals surface area contributed by atoms with Gasteiger partial charge in [-0.1, -0.05) is 0 Å². The van der Waals surface area contributed by atoms with Crippen LogP contribution >= 0.6 is 0 Å². The Kier molecular flexibility index (Phi) is 6.00. The molecule has 148 valence electrons. The number of rotatable bonds is 5. The van der Waals surface area contributed by atoms with Gasteiger partial charge in [0.15, 0.2) is 11.5 Å². The molecule has 2 fully saturated rings. The van der Waals surface area contributed by atoms with Crippen LogP contribution in [0.3, 0.4) is 0 Å². The monoisotopic (exact) mass is 378 g/mol. The minimum absolute atomic E-state index is 0.0169. The van der Waals surface area contributed by atoms with Crippen LogP contribution in [0.2, 0.25) is 0 Å². The number of carbonyl (C=O) groups is 1. The van der Waals surface area contributed by atoms with E-state index >= 15 is 0 Å². The number of amides is 2. The van der Waals surface area contributed by atoms with Crippen molar-refractivity contribution >= 4 is 11.7 Å². The molecule has 2 saturated heterocycles. The molecule has 1 aromatic carbocycles. The quantitative estimate of drug-likeness (QED) is 0.575. The van der Waals surface area contributed by atoms with Crippen molar-refractivity contribution in [3.63, 3.8) is 0 Å². The van der Waals surface area contributed by atoms with E-state index < -0.39 is 4.92 Å². The zero-order valence-electron chi connectivity index (χ0n) is 15.8. The maximum absolute atomic E-state index is 12.5. The topological polar surface area (TPSA) is 88.4 Å². The van der Waals surface area contributed by atoms with Gasteiger partial charge in [-0.2, -0.15) is 0 Å². The SMILES string of the molecule is COc1cc(CN2CCN(C(=O)N3CCCC3)CC2)c([N+](=O)[O-])cc1OC.